The Morgan fingerprint density at radius 1 is 1.27 bits per heavy atom. The van der Waals surface area contributed by atoms with E-state index < -0.39 is 27.1 Å². The monoisotopic (exact) mass is 393 g/mol. The fraction of sp³-hybridized carbons (Fsp3) is 0.533. The molecule has 1 aromatic rings. The van der Waals surface area contributed by atoms with Gasteiger partial charge >= 0.3 is 12.1 Å². The lowest BCUT2D eigenvalue weighted by atomic mass is 10.0. The number of ether oxygens (including phenoxy) is 1. The molecule has 2 aliphatic rings. The minimum atomic E-state index is -5.29. The molecule has 0 amide bonds. The molecule has 0 aliphatic carbocycles. The van der Waals surface area contributed by atoms with Gasteiger partial charge in [0.2, 0.25) is 15.0 Å². The van der Waals surface area contributed by atoms with Crippen molar-refractivity contribution in [1.82, 2.24) is 4.90 Å². The molecule has 0 saturated carbocycles. The van der Waals surface area contributed by atoms with Gasteiger partial charge in [-0.15, -0.1) is 0 Å². The number of primary sulfonamides is 1. The number of hydrogen-bond donors (Lipinski definition) is 2. The largest absolute Gasteiger partial charge is 0.490 e. The van der Waals surface area contributed by atoms with Gasteiger partial charge in [0.25, 0.3) is 0 Å². The highest BCUT2D eigenvalue weighted by Gasteiger charge is 2.53. The quantitative estimate of drug-likeness (QED) is 0.752. The Bertz CT molecular complexity index is 805. The average molecular weight is 393 g/mol. The number of halogens is 3. The van der Waals surface area contributed by atoms with Crippen LogP contribution in [0.15, 0.2) is 24.3 Å². The van der Waals surface area contributed by atoms with E-state index in [9.17, 15) is 26.4 Å². The van der Waals surface area contributed by atoms with Gasteiger partial charge < -0.3 is 10.1 Å². The molecule has 11 heteroatoms. The molecule has 1 saturated heterocycles. The fourth-order valence-electron chi connectivity index (χ4n) is 3.44. The number of alkyl halides is 3. The predicted octanol–water partition coefficient (Wildman–Crippen LogP) is 1.34. The number of nitrogens with zero attached hydrogens (tertiary/aromatic N) is 1. The van der Waals surface area contributed by atoms with Gasteiger partial charge in [-0.1, -0.05) is 18.2 Å². The van der Waals surface area contributed by atoms with Crippen LogP contribution in [0, 0.1) is 0 Å². The summed E-state index contributed by atoms with van der Waals surface area (Å²) in [6, 6.07) is 7.57. The highest BCUT2D eigenvalue weighted by molar-refractivity contribution is 7.90. The van der Waals surface area contributed by atoms with Gasteiger partial charge in [-0.2, -0.15) is 13.2 Å². The number of nitrogens with one attached hydrogen (secondary N) is 1. The van der Waals surface area contributed by atoms with E-state index in [-0.39, 0.29) is 32.0 Å². The smallest absolute Gasteiger partial charge is 0.434 e. The normalized spacial score (nSPS) is 23.2. The summed E-state index contributed by atoms with van der Waals surface area (Å²) in [5.41, 5.74) is 1.99. The van der Waals surface area contributed by atoms with Crippen LogP contribution in [0.4, 0.5) is 18.9 Å². The first-order chi connectivity index (χ1) is 12.0. The van der Waals surface area contributed by atoms with Crippen molar-refractivity contribution in [1.29, 1.82) is 0 Å². The number of fused-ring (bicyclic) bond motifs is 1. The second kappa shape index (κ2) is 6.39. The standard InChI is InChI=1S/C15H18F3N3O4S/c16-15(17,18)13(22)25-14(26(19,23)24)5-7-21(8-6-14)12-9-20-11-4-2-1-3-10(11)12/h1-4,12,20H,5-9H2,(H2,19,23,24). The molecular weight excluding hydrogens is 375 g/mol. The first-order valence-electron chi connectivity index (χ1n) is 7.93. The van der Waals surface area contributed by atoms with Gasteiger partial charge in [0.05, 0.1) is 6.04 Å². The van der Waals surface area contributed by atoms with E-state index in [0.717, 1.165) is 11.3 Å². The van der Waals surface area contributed by atoms with E-state index in [2.05, 4.69) is 10.1 Å². The number of carbonyl (C=O) groups excluding carboxylic acids is 1. The maximum atomic E-state index is 12.5. The summed E-state index contributed by atoms with van der Waals surface area (Å²) in [5, 5.41) is 8.34. The molecule has 1 unspecified atom stereocenters. The Hall–Kier alpha value is -1.85. The van der Waals surface area contributed by atoms with Crippen LogP contribution in [0.5, 0.6) is 0 Å². The number of sulfonamides is 1. The number of likely N-dealkylation sites (tertiary alicyclic amines) is 1. The van der Waals surface area contributed by atoms with Crippen molar-refractivity contribution in [2.75, 3.05) is 25.0 Å². The van der Waals surface area contributed by atoms with Crippen LogP contribution in [0.3, 0.4) is 0 Å². The minimum absolute atomic E-state index is 0.0389. The summed E-state index contributed by atoms with van der Waals surface area (Å²) < 4.78 is 65.7. The number of rotatable bonds is 3. The maximum Gasteiger partial charge on any atom is 0.490 e. The molecule has 1 fully saturated rings. The van der Waals surface area contributed by atoms with Crippen LogP contribution in [-0.4, -0.2) is 50.0 Å². The van der Waals surface area contributed by atoms with Crippen LogP contribution < -0.4 is 10.5 Å². The van der Waals surface area contributed by atoms with Gasteiger partial charge in [0.15, 0.2) is 0 Å². The minimum Gasteiger partial charge on any atom is -0.434 e. The lowest BCUT2D eigenvalue weighted by Gasteiger charge is -2.41. The molecule has 2 aliphatic heterocycles. The predicted molar refractivity (Wildman–Crippen MR) is 86.5 cm³/mol. The molecule has 1 atom stereocenters. The van der Waals surface area contributed by atoms with Gasteiger partial charge in [0.1, 0.15) is 0 Å². The van der Waals surface area contributed by atoms with E-state index in [0.29, 0.717) is 6.54 Å². The van der Waals surface area contributed by atoms with Crippen molar-refractivity contribution in [3.05, 3.63) is 29.8 Å². The first kappa shape index (κ1) is 18.9. The third-order valence-corrected chi connectivity index (χ3v) is 6.36. The summed E-state index contributed by atoms with van der Waals surface area (Å²) in [5.74, 6) is -2.55. The molecule has 0 radical (unpaired) electrons. The van der Waals surface area contributed by atoms with Crippen LogP contribution in [0.1, 0.15) is 24.4 Å². The molecule has 0 aromatic heterocycles. The number of nitrogens with two attached hydrogens (primary N) is 1. The Morgan fingerprint density at radius 2 is 1.88 bits per heavy atom. The van der Waals surface area contributed by atoms with Crippen molar-refractivity contribution in [3.63, 3.8) is 0 Å². The molecular formula is C15H18F3N3O4S. The second-order valence-electron chi connectivity index (χ2n) is 6.36. The van der Waals surface area contributed by atoms with Gasteiger partial charge in [-0.3, -0.25) is 4.90 Å². The zero-order chi connectivity index (χ0) is 19.2. The molecule has 3 N–H and O–H groups in total. The lowest BCUT2D eigenvalue weighted by Crippen LogP contribution is -2.56. The van der Waals surface area contributed by atoms with E-state index in [4.69, 9.17) is 5.14 Å². The third-order valence-electron chi connectivity index (χ3n) is 4.83. The molecule has 7 nitrogen and oxygen atoms in total. The first-order valence-corrected chi connectivity index (χ1v) is 9.47. The average Bonchev–Trinajstić information content (AvgIpc) is 2.97. The van der Waals surface area contributed by atoms with Gasteiger partial charge in [-0.25, -0.2) is 18.4 Å². The Labute approximate surface area is 148 Å². The summed E-state index contributed by atoms with van der Waals surface area (Å²) >= 11 is 0. The zero-order valence-corrected chi connectivity index (χ0v) is 14.4. The number of piperidine rings is 1. The summed E-state index contributed by atoms with van der Waals surface area (Å²) in [7, 11) is -4.54. The fourth-order valence-corrected chi connectivity index (χ4v) is 4.38. The molecule has 0 spiro atoms. The van der Waals surface area contributed by atoms with Crippen molar-refractivity contribution in [2.45, 2.75) is 30.0 Å². The number of hydrogen-bond acceptors (Lipinski definition) is 6. The molecule has 3 rings (SSSR count). The van der Waals surface area contributed by atoms with Crippen LogP contribution in [0.2, 0.25) is 0 Å². The topological polar surface area (TPSA) is 102 Å². The molecule has 0 bridgehead atoms. The van der Waals surface area contributed by atoms with E-state index in [1.807, 2.05) is 29.2 Å². The zero-order valence-electron chi connectivity index (χ0n) is 13.6. The second-order valence-corrected chi connectivity index (χ2v) is 8.20. The summed E-state index contributed by atoms with van der Waals surface area (Å²) in [6.45, 7) is 0.856. The van der Waals surface area contributed by atoms with Gasteiger partial charge in [-0.05, 0) is 11.6 Å². The molecule has 26 heavy (non-hydrogen) atoms. The Kier molecular flexibility index (Phi) is 4.65. The number of carbonyl (C=O) groups is 1. The van der Waals surface area contributed by atoms with Crippen LogP contribution in [0.25, 0.3) is 0 Å². The van der Waals surface area contributed by atoms with Crippen molar-refractivity contribution in [3.8, 4) is 0 Å². The number of esters is 1. The lowest BCUT2D eigenvalue weighted by molar-refractivity contribution is -0.210. The highest BCUT2D eigenvalue weighted by Crippen LogP contribution is 2.39. The van der Waals surface area contributed by atoms with Crippen molar-refractivity contribution in [2.24, 2.45) is 5.14 Å². The summed E-state index contributed by atoms with van der Waals surface area (Å²) in [6.07, 6.45) is -5.94. The number of benzene rings is 1. The van der Waals surface area contributed by atoms with Crippen LogP contribution in [-0.2, 0) is 19.6 Å². The Morgan fingerprint density at radius 3 is 2.46 bits per heavy atom. The molecule has 2 heterocycles. The maximum absolute atomic E-state index is 12.5. The number of para-hydroxylation sites is 1. The van der Waals surface area contributed by atoms with E-state index in [1.54, 1.807) is 0 Å². The molecule has 144 valence electrons. The van der Waals surface area contributed by atoms with Crippen LogP contribution >= 0.6 is 0 Å². The van der Waals surface area contributed by atoms with Gasteiger partial charge in [0, 0.05) is 38.2 Å². The third kappa shape index (κ3) is 3.38. The van der Waals surface area contributed by atoms with E-state index >= 15 is 0 Å². The summed E-state index contributed by atoms with van der Waals surface area (Å²) in [4.78, 5) is 10.8. The number of anilines is 1. The molecule has 1 aromatic carbocycles. The SMILES string of the molecule is NS(=O)(=O)C1(OC(=O)C(F)(F)F)CCN(C2CNc3ccccc32)CC1. The van der Waals surface area contributed by atoms with E-state index in [1.165, 1.54) is 0 Å². The highest BCUT2D eigenvalue weighted by atomic mass is 32.2. The van der Waals surface area contributed by atoms with Crippen molar-refractivity contribution < 1.29 is 31.1 Å². The van der Waals surface area contributed by atoms with Crippen molar-refractivity contribution >= 4 is 21.7 Å². The Balaban J connectivity index is 1.77.